The van der Waals surface area contributed by atoms with E-state index in [9.17, 15) is 4.79 Å². The van der Waals surface area contributed by atoms with Gasteiger partial charge in [-0.3, -0.25) is 9.78 Å². The maximum atomic E-state index is 12.1. The second kappa shape index (κ2) is 9.71. The van der Waals surface area contributed by atoms with Crippen LogP contribution < -0.4 is 14.9 Å². The number of nitrogens with one attached hydrogen (secondary N) is 1. The zero-order chi connectivity index (χ0) is 20.6. The molecule has 6 nitrogen and oxygen atoms in total. The quantitative estimate of drug-likeness (QED) is 0.461. The number of ether oxygens (including phenoxy) is 2. The minimum atomic E-state index is -0.327. The van der Waals surface area contributed by atoms with Crippen LogP contribution in [0.3, 0.4) is 0 Å². The Labute approximate surface area is 174 Å². The van der Waals surface area contributed by atoms with Crippen molar-refractivity contribution in [1.29, 1.82) is 0 Å². The van der Waals surface area contributed by atoms with Gasteiger partial charge in [-0.1, -0.05) is 23.7 Å². The molecule has 1 aromatic heterocycles. The summed E-state index contributed by atoms with van der Waals surface area (Å²) < 4.78 is 11.3. The van der Waals surface area contributed by atoms with Crippen LogP contribution in [0.5, 0.6) is 11.5 Å². The van der Waals surface area contributed by atoms with Crippen molar-refractivity contribution in [3.05, 3.63) is 88.7 Å². The Bertz CT molecular complexity index is 1010. The Morgan fingerprint density at radius 3 is 2.59 bits per heavy atom. The van der Waals surface area contributed by atoms with E-state index >= 15 is 0 Å². The van der Waals surface area contributed by atoms with Gasteiger partial charge < -0.3 is 9.47 Å². The summed E-state index contributed by atoms with van der Waals surface area (Å²) in [6.45, 7) is 2.19. The van der Waals surface area contributed by atoms with Crippen molar-refractivity contribution in [2.24, 2.45) is 5.10 Å². The first-order chi connectivity index (χ1) is 14.1. The van der Waals surface area contributed by atoms with E-state index in [0.717, 1.165) is 11.1 Å². The molecule has 0 atom stereocenters. The highest BCUT2D eigenvalue weighted by Gasteiger charge is 2.09. The maximum absolute atomic E-state index is 12.1. The molecule has 3 rings (SSSR count). The lowest BCUT2D eigenvalue weighted by atomic mass is 10.1. The number of aromatic nitrogens is 1. The molecule has 29 heavy (non-hydrogen) atoms. The summed E-state index contributed by atoms with van der Waals surface area (Å²) >= 11 is 5.90. The second-order valence-electron chi connectivity index (χ2n) is 6.16. The zero-order valence-corrected chi connectivity index (χ0v) is 16.8. The summed E-state index contributed by atoms with van der Waals surface area (Å²) in [4.78, 5) is 16.0. The van der Waals surface area contributed by atoms with Crippen molar-refractivity contribution in [2.45, 2.75) is 13.5 Å². The Balaban J connectivity index is 1.68. The van der Waals surface area contributed by atoms with Gasteiger partial charge in [0.25, 0.3) is 5.91 Å². The van der Waals surface area contributed by atoms with Crippen molar-refractivity contribution >= 4 is 23.2 Å². The first kappa shape index (κ1) is 20.4. The van der Waals surface area contributed by atoms with Gasteiger partial charge >= 0.3 is 0 Å². The predicted molar refractivity (Wildman–Crippen MR) is 113 cm³/mol. The van der Waals surface area contributed by atoms with E-state index in [1.807, 2.05) is 42.5 Å². The van der Waals surface area contributed by atoms with Gasteiger partial charge in [0.05, 0.1) is 18.4 Å². The SMILES string of the molecule is COc1cc(/C(C)=N/NC(=O)c2cccnc2)ccc1OCc1ccc(Cl)cc1. The topological polar surface area (TPSA) is 72.8 Å². The molecule has 2 aromatic carbocycles. The number of hydrogen-bond donors (Lipinski definition) is 1. The van der Waals surface area contributed by atoms with Gasteiger partial charge in [0.2, 0.25) is 0 Å². The van der Waals surface area contributed by atoms with Crippen LogP contribution in [0, 0.1) is 0 Å². The number of hydrazone groups is 1. The molecule has 1 amide bonds. The molecule has 0 saturated heterocycles. The molecule has 0 aliphatic rings. The number of carbonyl (C=O) groups excluding carboxylic acids is 1. The van der Waals surface area contributed by atoms with Crippen LogP contribution in [0.4, 0.5) is 0 Å². The van der Waals surface area contributed by atoms with Crippen LogP contribution in [-0.2, 0) is 6.61 Å². The van der Waals surface area contributed by atoms with Crippen molar-refractivity contribution in [3.8, 4) is 11.5 Å². The molecular weight excluding hydrogens is 390 g/mol. The van der Waals surface area contributed by atoms with Gasteiger partial charge in [0.1, 0.15) is 6.61 Å². The molecule has 148 valence electrons. The molecule has 1 heterocycles. The van der Waals surface area contributed by atoms with Gasteiger partial charge in [-0.15, -0.1) is 0 Å². The number of rotatable bonds is 7. The van der Waals surface area contributed by atoms with Crippen molar-refractivity contribution < 1.29 is 14.3 Å². The average molecular weight is 410 g/mol. The number of methoxy groups -OCH3 is 1. The third-order valence-corrected chi connectivity index (χ3v) is 4.39. The van der Waals surface area contributed by atoms with Crippen LogP contribution >= 0.6 is 11.6 Å². The number of pyridine rings is 1. The van der Waals surface area contributed by atoms with Crippen LogP contribution in [0.2, 0.25) is 5.02 Å². The molecule has 7 heteroatoms. The Hall–Kier alpha value is -3.38. The number of carbonyl (C=O) groups is 1. The second-order valence-corrected chi connectivity index (χ2v) is 6.60. The molecule has 0 aliphatic heterocycles. The van der Waals surface area contributed by atoms with Crippen molar-refractivity contribution in [3.63, 3.8) is 0 Å². The molecule has 1 N–H and O–H groups in total. The van der Waals surface area contributed by atoms with Crippen molar-refractivity contribution in [2.75, 3.05) is 7.11 Å². The van der Waals surface area contributed by atoms with Crippen LogP contribution in [0.15, 0.2) is 72.1 Å². The molecule has 0 bridgehead atoms. The Kier molecular flexibility index (Phi) is 6.81. The molecule has 0 fully saturated rings. The summed E-state index contributed by atoms with van der Waals surface area (Å²) in [5, 5.41) is 4.84. The third-order valence-electron chi connectivity index (χ3n) is 4.14. The lowest BCUT2D eigenvalue weighted by molar-refractivity contribution is 0.0954. The number of nitrogens with zero attached hydrogens (tertiary/aromatic N) is 2. The fourth-order valence-corrected chi connectivity index (χ4v) is 2.64. The summed E-state index contributed by atoms with van der Waals surface area (Å²) in [7, 11) is 1.57. The monoisotopic (exact) mass is 409 g/mol. The number of hydrogen-bond acceptors (Lipinski definition) is 5. The smallest absolute Gasteiger partial charge is 0.272 e. The number of benzene rings is 2. The summed E-state index contributed by atoms with van der Waals surface area (Å²) in [5.74, 6) is 0.857. The van der Waals surface area contributed by atoms with E-state index in [-0.39, 0.29) is 5.91 Å². The maximum Gasteiger partial charge on any atom is 0.272 e. The summed E-state index contributed by atoms with van der Waals surface area (Å²) in [5.41, 5.74) is 5.39. The first-order valence-electron chi connectivity index (χ1n) is 8.87. The van der Waals surface area contributed by atoms with Crippen molar-refractivity contribution in [1.82, 2.24) is 10.4 Å². The molecule has 0 spiro atoms. The molecular formula is C22H20ClN3O3. The van der Waals surface area contributed by atoms with Gasteiger partial charge in [-0.2, -0.15) is 5.10 Å². The van der Waals surface area contributed by atoms with Gasteiger partial charge in [0.15, 0.2) is 11.5 Å². The highest BCUT2D eigenvalue weighted by molar-refractivity contribution is 6.30. The standard InChI is InChI=1S/C22H20ClN3O3/c1-15(25-26-22(27)18-4-3-11-24-13-18)17-7-10-20(21(12-17)28-2)29-14-16-5-8-19(23)9-6-16/h3-13H,14H2,1-2H3,(H,26,27)/b25-15+. The first-order valence-corrected chi connectivity index (χ1v) is 9.25. The van der Waals surface area contributed by atoms with Gasteiger partial charge in [-0.25, -0.2) is 5.43 Å². The number of halogens is 1. The molecule has 0 saturated carbocycles. The lowest BCUT2D eigenvalue weighted by Gasteiger charge is -2.12. The van der Waals surface area contributed by atoms with E-state index in [0.29, 0.717) is 34.4 Å². The molecule has 0 unspecified atom stereocenters. The highest BCUT2D eigenvalue weighted by Crippen LogP contribution is 2.29. The largest absolute Gasteiger partial charge is 0.493 e. The van der Waals surface area contributed by atoms with E-state index in [2.05, 4.69) is 15.5 Å². The lowest BCUT2D eigenvalue weighted by Crippen LogP contribution is -2.19. The van der Waals surface area contributed by atoms with Gasteiger partial charge in [0, 0.05) is 23.0 Å². The number of amides is 1. The van der Waals surface area contributed by atoms with E-state index in [1.165, 1.54) is 6.20 Å². The van der Waals surface area contributed by atoms with Gasteiger partial charge in [-0.05, 0) is 55.0 Å². The Morgan fingerprint density at radius 2 is 1.90 bits per heavy atom. The molecule has 0 radical (unpaired) electrons. The van der Waals surface area contributed by atoms with Crippen LogP contribution in [0.25, 0.3) is 0 Å². The fourth-order valence-electron chi connectivity index (χ4n) is 2.51. The highest BCUT2D eigenvalue weighted by atomic mass is 35.5. The molecule has 0 aliphatic carbocycles. The van der Waals surface area contributed by atoms with E-state index in [1.54, 1.807) is 32.4 Å². The van der Waals surface area contributed by atoms with E-state index < -0.39 is 0 Å². The Morgan fingerprint density at radius 1 is 1.10 bits per heavy atom. The average Bonchev–Trinajstić information content (AvgIpc) is 2.77. The van der Waals surface area contributed by atoms with Crippen LogP contribution in [-0.4, -0.2) is 23.7 Å². The zero-order valence-electron chi connectivity index (χ0n) is 16.1. The minimum Gasteiger partial charge on any atom is -0.493 e. The predicted octanol–water partition coefficient (Wildman–Crippen LogP) is 4.48. The van der Waals surface area contributed by atoms with Crippen LogP contribution in [0.1, 0.15) is 28.4 Å². The minimum absolute atomic E-state index is 0.327. The fraction of sp³-hybridized carbons (Fsp3) is 0.136. The normalized spacial score (nSPS) is 11.1. The third kappa shape index (κ3) is 5.56. The van der Waals surface area contributed by atoms with E-state index in [4.69, 9.17) is 21.1 Å². The summed E-state index contributed by atoms with van der Waals surface area (Å²) in [6.07, 6.45) is 3.09. The summed E-state index contributed by atoms with van der Waals surface area (Å²) in [6, 6.07) is 16.3. The molecule has 3 aromatic rings.